The van der Waals surface area contributed by atoms with Gasteiger partial charge in [0.15, 0.2) is 0 Å². The molecule has 1 aliphatic rings. The van der Waals surface area contributed by atoms with Crippen molar-refractivity contribution in [2.45, 2.75) is 57.8 Å². The first-order valence-corrected chi connectivity index (χ1v) is 13.9. The van der Waals surface area contributed by atoms with E-state index in [1.165, 1.54) is 0 Å². The Bertz CT molecular complexity index is 1370. The van der Waals surface area contributed by atoms with Crippen LogP contribution in [0.4, 0.5) is 4.79 Å². The highest BCUT2D eigenvalue weighted by Crippen LogP contribution is 2.44. The molecule has 9 nitrogen and oxygen atoms in total. The first-order chi connectivity index (χ1) is 20.1. The Kier molecular flexibility index (Phi) is 9.96. The predicted molar refractivity (Wildman–Crippen MR) is 156 cm³/mol. The lowest BCUT2D eigenvalue weighted by molar-refractivity contribution is -0.156. The largest absolute Gasteiger partial charge is 0.460 e. The van der Waals surface area contributed by atoms with E-state index in [-0.39, 0.29) is 32.0 Å². The molecule has 0 bridgehead atoms. The van der Waals surface area contributed by atoms with Crippen LogP contribution < -0.4 is 10.6 Å². The van der Waals surface area contributed by atoms with Gasteiger partial charge in [-0.25, -0.2) is 9.59 Å². The number of esters is 2. The van der Waals surface area contributed by atoms with Gasteiger partial charge in [0.25, 0.3) is 0 Å². The summed E-state index contributed by atoms with van der Waals surface area (Å²) in [5.41, 5.74) is 4.46. The van der Waals surface area contributed by atoms with Crippen LogP contribution in [0.25, 0.3) is 11.1 Å². The van der Waals surface area contributed by atoms with Crippen molar-refractivity contribution in [2.75, 3.05) is 13.2 Å². The Morgan fingerprint density at radius 1 is 0.810 bits per heavy atom. The third-order valence-electron chi connectivity index (χ3n) is 6.64. The van der Waals surface area contributed by atoms with Crippen molar-refractivity contribution in [3.8, 4) is 11.1 Å². The Morgan fingerprint density at radius 2 is 1.40 bits per heavy atom. The van der Waals surface area contributed by atoms with Crippen LogP contribution in [0.15, 0.2) is 78.9 Å². The highest BCUT2D eigenvalue weighted by atomic mass is 16.6. The molecule has 0 saturated carbocycles. The summed E-state index contributed by atoms with van der Waals surface area (Å²) < 4.78 is 16.2. The standard InChI is InChI=1S/C33H36N2O7/c1-33(2,3)42-30(37)18-17-28(31(38)40-20-22-11-5-4-6-12-22)35-29(36)19-34-32(39)41-21-27-25-15-9-7-13-23(25)24-14-8-10-16-26(24)27/h4-16,27-28H,17-21H2,1-3H3,(H,34,39)(H,35,36)/t28-/m0/s1. The van der Waals surface area contributed by atoms with E-state index in [1.54, 1.807) is 32.9 Å². The van der Waals surface area contributed by atoms with Crippen LogP contribution in [-0.2, 0) is 35.2 Å². The van der Waals surface area contributed by atoms with Crippen LogP contribution in [0.1, 0.15) is 56.2 Å². The first-order valence-electron chi connectivity index (χ1n) is 13.9. The third-order valence-corrected chi connectivity index (χ3v) is 6.64. The molecule has 1 atom stereocenters. The van der Waals surface area contributed by atoms with E-state index in [0.29, 0.717) is 0 Å². The van der Waals surface area contributed by atoms with Crippen molar-refractivity contribution >= 4 is 23.9 Å². The van der Waals surface area contributed by atoms with Crippen molar-refractivity contribution in [3.63, 3.8) is 0 Å². The number of rotatable bonds is 11. The molecule has 9 heteroatoms. The van der Waals surface area contributed by atoms with Gasteiger partial charge < -0.3 is 24.8 Å². The molecular weight excluding hydrogens is 536 g/mol. The van der Waals surface area contributed by atoms with Gasteiger partial charge in [-0.2, -0.15) is 0 Å². The van der Waals surface area contributed by atoms with Gasteiger partial charge in [-0.1, -0.05) is 78.9 Å². The normalized spacial score (nSPS) is 12.8. The number of nitrogens with one attached hydrogen (secondary N) is 2. The molecule has 0 heterocycles. The summed E-state index contributed by atoms with van der Waals surface area (Å²) in [5, 5.41) is 4.99. The number of fused-ring (bicyclic) bond motifs is 3. The second-order valence-corrected chi connectivity index (χ2v) is 11.0. The van der Waals surface area contributed by atoms with Crippen LogP contribution in [0.2, 0.25) is 0 Å². The van der Waals surface area contributed by atoms with Crippen molar-refractivity contribution < 1.29 is 33.4 Å². The van der Waals surface area contributed by atoms with Crippen LogP contribution in [0.3, 0.4) is 0 Å². The van der Waals surface area contributed by atoms with Crippen LogP contribution >= 0.6 is 0 Å². The van der Waals surface area contributed by atoms with E-state index in [2.05, 4.69) is 10.6 Å². The van der Waals surface area contributed by atoms with Gasteiger partial charge in [0.2, 0.25) is 5.91 Å². The fourth-order valence-corrected chi connectivity index (χ4v) is 4.78. The molecule has 1 aliphatic carbocycles. The highest BCUT2D eigenvalue weighted by Gasteiger charge is 2.29. The number of ether oxygens (including phenoxy) is 3. The van der Waals surface area contributed by atoms with E-state index in [9.17, 15) is 19.2 Å². The summed E-state index contributed by atoms with van der Waals surface area (Å²) in [4.78, 5) is 50.3. The molecule has 4 rings (SSSR count). The molecule has 3 aromatic carbocycles. The predicted octanol–water partition coefficient (Wildman–Crippen LogP) is 4.88. The molecule has 0 aromatic heterocycles. The van der Waals surface area contributed by atoms with Crippen LogP contribution in [0.5, 0.6) is 0 Å². The molecule has 220 valence electrons. The minimum absolute atomic E-state index is 0.0104. The zero-order valence-corrected chi connectivity index (χ0v) is 24.1. The quantitative estimate of drug-likeness (QED) is 0.248. The SMILES string of the molecule is CC(C)(C)OC(=O)CC[C@H](NC(=O)CNC(=O)OCC1c2ccccc2-c2ccccc21)C(=O)OCc1ccccc1. The number of alkyl carbamates (subject to hydrolysis) is 1. The highest BCUT2D eigenvalue weighted by molar-refractivity contribution is 5.87. The minimum atomic E-state index is -1.11. The van der Waals surface area contributed by atoms with Crippen molar-refractivity contribution in [3.05, 3.63) is 95.6 Å². The summed E-state index contributed by atoms with van der Waals surface area (Å²) >= 11 is 0. The van der Waals surface area contributed by atoms with Crippen LogP contribution in [0, 0.1) is 0 Å². The minimum Gasteiger partial charge on any atom is -0.460 e. The molecule has 0 aliphatic heterocycles. The number of carbonyl (C=O) groups excluding carboxylic acids is 4. The smallest absolute Gasteiger partial charge is 0.407 e. The first kappa shape index (κ1) is 30.3. The van der Waals surface area contributed by atoms with Gasteiger partial charge in [-0.15, -0.1) is 0 Å². The van der Waals surface area contributed by atoms with Crippen molar-refractivity contribution in [2.24, 2.45) is 0 Å². The zero-order chi connectivity index (χ0) is 30.1. The fraction of sp³-hybridized carbons (Fsp3) is 0.333. The molecule has 2 N–H and O–H groups in total. The Labute approximate surface area is 245 Å². The lowest BCUT2D eigenvalue weighted by Gasteiger charge is -2.21. The monoisotopic (exact) mass is 572 g/mol. The number of carbonyl (C=O) groups is 4. The topological polar surface area (TPSA) is 120 Å². The van der Waals surface area contributed by atoms with E-state index in [0.717, 1.165) is 27.8 Å². The second-order valence-electron chi connectivity index (χ2n) is 11.0. The van der Waals surface area contributed by atoms with E-state index in [4.69, 9.17) is 14.2 Å². The zero-order valence-electron chi connectivity index (χ0n) is 24.1. The Balaban J connectivity index is 1.29. The van der Waals surface area contributed by atoms with Gasteiger partial charge >= 0.3 is 18.0 Å². The van der Waals surface area contributed by atoms with Crippen molar-refractivity contribution in [1.82, 2.24) is 10.6 Å². The Morgan fingerprint density at radius 3 is 2.02 bits per heavy atom. The van der Waals surface area contributed by atoms with Gasteiger partial charge in [0.05, 0.1) is 0 Å². The van der Waals surface area contributed by atoms with Gasteiger partial charge in [-0.3, -0.25) is 9.59 Å². The maximum Gasteiger partial charge on any atom is 0.407 e. The van der Waals surface area contributed by atoms with E-state index in [1.807, 2.05) is 66.7 Å². The molecule has 0 spiro atoms. The fourth-order valence-electron chi connectivity index (χ4n) is 4.78. The third kappa shape index (κ3) is 8.42. The van der Waals surface area contributed by atoms with Crippen LogP contribution in [-0.4, -0.2) is 48.7 Å². The lowest BCUT2D eigenvalue weighted by Crippen LogP contribution is -2.46. The summed E-state index contributed by atoms with van der Waals surface area (Å²) in [6.45, 7) is 4.92. The summed E-state index contributed by atoms with van der Waals surface area (Å²) in [6.07, 6.45) is -0.897. The molecular formula is C33H36N2O7. The average molecular weight is 573 g/mol. The Hall–Kier alpha value is -4.66. The van der Waals surface area contributed by atoms with Gasteiger partial charge in [-0.05, 0) is 55.0 Å². The number of hydrogen-bond acceptors (Lipinski definition) is 7. The molecule has 42 heavy (non-hydrogen) atoms. The summed E-state index contributed by atoms with van der Waals surface area (Å²) in [5.74, 6) is -1.95. The number of benzene rings is 3. The lowest BCUT2D eigenvalue weighted by atomic mass is 9.98. The molecule has 0 unspecified atom stereocenters. The average Bonchev–Trinajstić information content (AvgIpc) is 3.29. The summed E-state index contributed by atoms with van der Waals surface area (Å²) in [7, 11) is 0. The molecule has 3 aromatic rings. The summed E-state index contributed by atoms with van der Waals surface area (Å²) in [6, 6.07) is 24.0. The maximum atomic E-state index is 12.8. The molecule has 0 saturated heterocycles. The van der Waals surface area contributed by atoms with E-state index >= 15 is 0 Å². The number of amides is 2. The maximum absolute atomic E-state index is 12.8. The van der Waals surface area contributed by atoms with Gasteiger partial charge in [0.1, 0.15) is 31.4 Å². The molecule has 2 amide bonds. The molecule has 0 fully saturated rings. The van der Waals surface area contributed by atoms with Gasteiger partial charge in [0, 0.05) is 12.3 Å². The van der Waals surface area contributed by atoms with Crippen molar-refractivity contribution in [1.29, 1.82) is 0 Å². The molecule has 0 radical (unpaired) electrons. The number of hydrogen-bond donors (Lipinski definition) is 2. The second kappa shape index (κ2) is 13.8. The van der Waals surface area contributed by atoms with E-state index < -0.39 is 42.1 Å².